The lowest BCUT2D eigenvalue weighted by Gasteiger charge is -2.08. The zero-order valence-electron chi connectivity index (χ0n) is 8.30. The van der Waals surface area contributed by atoms with Gasteiger partial charge in [0.1, 0.15) is 17.5 Å². The Kier molecular flexibility index (Phi) is 3.51. The molecule has 1 atom stereocenters. The average molecular weight is 211 g/mol. The summed E-state index contributed by atoms with van der Waals surface area (Å²) >= 11 is 0. The van der Waals surface area contributed by atoms with Crippen molar-refractivity contribution >= 4 is 5.97 Å². The molecule has 0 heterocycles. The van der Waals surface area contributed by atoms with E-state index in [1.54, 1.807) is 6.07 Å². The van der Waals surface area contributed by atoms with Crippen LogP contribution in [0.15, 0.2) is 18.2 Å². The van der Waals surface area contributed by atoms with E-state index in [9.17, 15) is 9.90 Å². The van der Waals surface area contributed by atoms with E-state index in [1.165, 1.54) is 19.2 Å². The summed E-state index contributed by atoms with van der Waals surface area (Å²) in [6.07, 6.45) is 0.153. The van der Waals surface area contributed by atoms with Gasteiger partial charge in [-0.3, -0.25) is 4.79 Å². The van der Waals surface area contributed by atoms with Gasteiger partial charge in [-0.25, -0.2) is 0 Å². The molecule has 1 rings (SSSR count). The minimum atomic E-state index is -1.07. The van der Waals surface area contributed by atoms with Crippen LogP contribution in [0.1, 0.15) is 5.56 Å². The number of benzene rings is 1. The Balaban J connectivity index is 2.85. The van der Waals surface area contributed by atoms with E-state index in [2.05, 4.69) is 0 Å². The zero-order valence-corrected chi connectivity index (χ0v) is 8.30. The Hall–Kier alpha value is -1.75. The van der Waals surface area contributed by atoms with Crippen LogP contribution in [-0.4, -0.2) is 29.3 Å². The highest BCUT2D eigenvalue weighted by Gasteiger charge is 2.13. The number of aliphatic carboxylic acids is 1. The second-order valence-electron chi connectivity index (χ2n) is 3.19. The maximum Gasteiger partial charge on any atom is 0.320 e. The van der Waals surface area contributed by atoms with Crippen molar-refractivity contribution < 1.29 is 19.7 Å². The van der Waals surface area contributed by atoms with Crippen LogP contribution in [0.5, 0.6) is 11.5 Å². The second-order valence-corrected chi connectivity index (χ2v) is 3.19. The molecule has 4 N–H and O–H groups in total. The van der Waals surface area contributed by atoms with Crippen molar-refractivity contribution in [3.8, 4) is 11.5 Å². The van der Waals surface area contributed by atoms with Crippen LogP contribution in [0.4, 0.5) is 0 Å². The number of carboxylic acid groups (broad SMARTS) is 1. The molecule has 1 aromatic carbocycles. The van der Waals surface area contributed by atoms with E-state index in [1.807, 2.05) is 0 Å². The Morgan fingerprint density at radius 3 is 2.73 bits per heavy atom. The summed E-state index contributed by atoms with van der Waals surface area (Å²) < 4.78 is 4.93. The summed E-state index contributed by atoms with van der Waals surface area (Å²) in [5, 5.41) is 17.9. The number of carbonyl (C=O) groups is 1. The fraction of sp³-hybridized carbons (Fsp3) is 0.300. The summed E-state index contributed by atoms with van der Waals surface area (Å²) in [4.78, 5) is 10.5. The molecule has 0 aromatic heterocycles. The number of rotatable bonds is 4. The average Bonchev–Trinajstić information content (AvgIpc) is 2.16. The lowest BCUT2D eigenvalue weighted by molar-refractivity contribution is -0.138. The monoisotopic (exact) mass is 211 g/mol. The summed E-state index contributed by atoms with van der Waals surface area (Å²) in [6.45, 7) is 0. The standard InChI is InChI=1S/C10H13NO4/c1-15-8-3-6(2-7(12)5-8)4-9(11)10(13)14/h2-3,5,9,12H,4,11H2,1H3,(H,13,14)/t9-/m0/s1. The van der Waals surface area contributed by atoms with Gasteiger partial charge >= 0.3 is 5.97 Å². The van der Waals surface area contributed by atoms with Gasteiger partial charge in [0.15, 0.2) is 0 Å². The first-order valence-corrected chi connectivity index (χ1v) is 4.38. The van der Waals surface area contributed by atoms with Gasteiger partial charge in [0.25, 0.3) is 0 Å². The lowest BCUT2D eigenvalue weighted by atomic mass is 10.1. The molecule has 0 saturated carbocycles. The Morgan fingerprint density at radius 2 is 2.20 bits per heavy atom. The highest BCUT2D eigenvalue weighted by Crippen LogP contribution is 2.22. The topological polar surface area (TPSA) is 92.8 Å². The van der Waals surface area contributed by atoms with Gasteiger partial charge in [-0.1, -0.05) is 0 Å². The largest absolute Gasteiger partial charge is 0.508 e. The van der Waals surface area contributed by atoms with Gasteiger partial charge in [0, 0.05) is 6.07 Å². The number of nitrogens with two attached hydrogens (primary N) is 1. The number of methoxy groups -OCH3 is 1. The highest BCUT2D eigenvalue weighted by molar-refractivity contribution is 5.73. The molecular weight excluding hydrogens is 198 g/mol. The Morgan fingerprint density at radius 1 is 1.53 bits per heavy atom. The number of hydrogen-bond donors (Lipinski definition) is 3. The van der Waals surface area contributed by atoms with Crippen LogP contribution < -0.4 is 10.5 Å². The summed E-state index contributed by atoms with van der Waals surface area (Å²) in [5.74, 6) is -0.568. The maximum absolute atomic E-state index is 10.5. The predicted molar refractivity (Wildman–Crippen MR) is 54.0 cm³/mol. The van der Waals surface area contributed by atoms with E-state index in [0.29, 0.717) is 11.3 Å². The molecule has 0 unspecified atom stereocenters. The van der Waals surface area contributed by atoms with Crippen molar-refractivity contribution in [1.82, 2.24) is 0 Å². The van der Waals surface area contributed by atoms with Crippen molar-refractivity contribution in [3.05, 3.63) is 23.8 Å². The van der Waals surface area contributed by atoms with Crippen LogP contribution in [0.2, 0.25) is 0 Å². The molecule has 0 saturated heterocycles. The first kappa shape index (κ1) is 11.3. The SMILES string of the molecule is COc1cc(O)cc(C[C@H](N)C(=O)O)c1. The minimum Gasteiger partial charge on any atom is -0.508 e. The second kappa shape index (κ2) is 4.65. The van der Waals surface area contributed by atoms with Gasteiger partial charge in [-0.05, 0) is 24.1 Å². The molecule has 0 bridgehead atoms. The van der Waals surface area contributed by atoms with Crippen molar-refractivity contribution in [2.45, 2.75) is 12.5 Å². The van der Waals surface area contributed by atoms with Gasteiger partial charge in [0.05, 0.1) is 7.11 Å². The predicted octanol–water partition coefficient (Wildman–Crippen LogP) is 0.355. The van der Waals surface area contributed by atoms with E-state index >= 15 is 0 Å². The molecule has 0 aliphatic rings. The van der Waals surface area contributed by atoms with Gasteiger partial charge < -0.3 is 20.7 Å². The van der Waals surface area contributed by atoms with Crippen molar-refractivity contribution in [1.29, 1.82) is 0 Å². The van der Waals surface area contributed by atoms with E-state index in [-0.39, 0.29) is 12.2 Å². The first-order valence-electron chi connectivity index (χ1n) is 4.38. The number of ether oxygens (including phenoxy) is 1. The smallest absolute Gasteiger partial charge is 0.320 e. The van der Waals surface area contributed by atoms with Crippen LogP contribution in [-0.2, 0) is 11.2 Å². The summed E-state index contributed by atoms with van der Waals surface area (Å²) in [5.41, 5.74) is 5.99. The van der Waals surface area contributed by atoms with E-state index < -0.39 is 12.0 Å². The molecule has 0 spiro atoms. The highest BCUT2D eigenvalue weighted by atomic mass is 16.5. The molecule has 5 heteroatoms. The van der Waals surface area contributed by atoms with E-state index in [4.69, 9.17) is 15.6 Å². The third-order valence-corrected chi connectivity index (χ3v) is 1.96. The third kappa shape index (κ3) is 3.14. The zero-order chi connectivity index (χ0) is 11.4. The summed E-state index contributed by atoms with van der Waals surface area (Å²) in [7, 11) is 1.47. The lowest BCUT2D eigenvalue weighted by Crippen LogP contribution is -2.32. The van der Waals surface area contributed by atoms with Crippen LogP contribution >= 0.6 is 0 Å². The molecule has 0 amide bonds. The molecule has 0 radical (unpaired) electrons. The number of hydrogen-bond acceptors (Lipinski definition) is 4. The maximum atomic E-state index is 10.5. The molecule has 0 fully saturated rings. The molecule has 0 aliphatic heterocycles. The number of phenolic OH excluding ortho intramolecular Hbond substituents is 1. The van der Waals surface area contributed by atoms with Crippen LogP contribution in [0.25, 0.3) is 0 Å². The third-order valence-electron chi connectivity index (χ3n) is 1.96. The van der Waals surface area contributed by atoms with Crippen LogP contribution in [0.3, 0.4) is 0 Å². The van der Waals surface area contributed by atoms with Crippen LogP contribution in [0, 0.1) is 0 Å². The fourth-order valence-corrected chi connectivity index (χ4v) is 1.22. The summed E-state index contributed by atoms with van der Waals surface area (Å²) in [6, 6.07) is 3.57. The molecule has 15 heavy (non-hydrogen) atoms. The number of phenols is 1. The van der Waals surface area contributed by atoms with Crippen molar-refractivity contribution in [3.63, 3.8) is 0 Å². The normalized spacial score (nSPS) is 12.1. The molecule has 0 aliphatic carbocycles. The molecule has 5 nitrogen and oxygen atoms in total. The van der Waals surface area contributed by atoms with E-state index in [0.717, 1.165) is 0 Å². The first-order chi connectivity index (χ1) is 7.02. The van der Waals surface area contributed by atoms with Gasteiger partial charge in [-0.2, -0.15) is 0 Å². The van der Waals surface area contributed by atoms with Gasteiger partial charge in [0.2, 0.25) is 0 Å². The Bertz CT molecular complexity index is 364. The number of aromatic hydroxyl groups is 1. The quantitative estimate of drug-likeness (QED) is 0.668. The minimum absolute atomic E-state index is 0.0296. The molecule has 1 aromatic rings. The molecular formula is C10H13NO4. The van der Waals surface area contributed by atoms with Crippen molar-refractivity contribution in [2.24, 2.45) is 5.73 Å². The van der Waals surface area contributed by atoms with Crippen molar-refractivity contribution in [2.75, 3.05) is 7.11 Å². The number of carboxylic acids is 1. The Labute approximate surface area is 87.1 Å². The van der Waals surface area contributed by atoms with Gasteiger partial charge in [-0.15, -0.1) is 0 Å². The molecule has 82 valence electrons. The fourth-order valence-electron chi connectivity index (χ4n) is 1.22.